The van der Waals surface area contributed by atoms with Gasteiger partial charge in [-0.3, -0.25) is 9.59 Å². The molecule has 3 aromatic rings. The van der Waals surface area contributed by atoms with E-state index in [9.17, 15) is 9.59 Å². The van der Waals surface area contributed by atoms with E-state index < -0.39 is 0 Å². The number of benzene rings is 2. The number of hydrogen-bond donors (Lipinski definition) is 2. The summed E-state index contributed by atoms with van der Waals surface area (Å²) in [5.41, 5.74) is 1.39. The number of ether oxygens (including phenoxy) is 4. The van der Waals surface area contributed by atoms with Crippen LogP contribution in [0.4, 0.5) is 11.4 Å². The predicted octanol–water partition coefficient (Wildman–Crippen LogP) is 3.81. The quantitative estimate of drug-likeness (QED) is 0.482. The van der Waals surface area contributed by atoms with Crippen LogP contribution in [0.2, 0.25) is 0 Å². The van der Waals surface area contributed by atoms with E-state index in [1.54, 1.807) is 54.7 Å². The number of fused-ring (bicyclic) bond motifs is 1. The van der Waals surface area contributed by atoms with Gasteiger partial charge in [0.05, 0.1) is 31.2 Å². The maximum absolute atomic E-state index is 13.0. The second kappa shape index (κ2) is 10.1. The maximum atomic E-state index is 13.0. The van der Waals surface area contributed by atoms with E-state index in [4.69, 9.17) is 18.9 Å². The van der Waals surface area contributed by atoms with Crippen molar-refractivity contribution in [3.05, 3.63) is 60.3 Å². The van der Waals surface area contributed by atoms with Gasteiger partial charge in [0.25, 0.3) is 5.91 Å². The van der Waals surface area contributed by atoms with Gasteiger partial charge in [0.2, 0.25) is 12.7 Å². The smallest absolute Gasteiger partial charge is 0.258 e. The number of thioether (sulfide) groups is 1. The van der Waals surface area contributed by atoms with Gasteiger partial charge in [0, 0.05) is 24.0 Å². The van der Waals surface area contributed by atoms with Crippen LogP contribution in [0.5, 0.6) is 23.0 Å². The molecule has 2 amide bonds. The monoisotopic (exact) mass is 467 g/mol. The molecule has 33 heavy (non-hydrogen) atoms. The highest BCUT2D eigenvalue weighted by atomic mass is 32.2. The van der Waals surface area contributed by atoms with Gasteiger partial charge in [0.15, 0.2) is 11.5 Å². The third-order valence-corrected chi connectivity index (χ3v) is 5.67. The summed E-state index contributed by atoms with van der Waals surface area (Å²) in [5, 5.41) is 6.05. The molecule has 2 N–H and O–H groups in total. The summed E-state index contributed by atoms with van der Waals surface area (Å²) >= 11 is 1.16. The van der Waals surface area contributed by atoms with E-state index in [0.717, 1.165) is 11.8 Å². The zero-order chi connectivity index (χ0) is 23.2. The van der Waals surface area contributed by atoms with Crippen LogP contribution in [0.15, 0.2) is 59.8 Å². The largest absolute Gasteiger partial charge is 0.497 e. The molecule has 1 aliphatic heterocycles. The molecule has 1 aromatic heterocycles. The number of anilines is 2. The van der Waals surface area contributed by atoms with Crippen molar-refractivity contribution >= 4 is 35.0 Å². The Morgan fingerprint density at radius 1 is 1.03 bits per heavy atom. The molecule has 0 aliphatic carbocycles. The molecule has 9 nitrogen and oxygen atoms in total. The number of methoxy groups -OCH3 is 2. The van der Waals surface area contributed by atoms with Crippen molar-refractivity contribution in [2.45, 2.75) is 5.03 Å². The summed E-state index contributed by atoms with van der Waals surface area (Å²) in [5.74, 6) is 1.72. The van der Waals surface area contributed by atoms with Crippen molar-refractivity contribution in [2.24, 2.45) is 0 Å². The summed E-state index contributed by atoms with van der Waals surface area (Å²) < 4.78 is 21.1. The first kappa shape index (κ1) is 22.3. The first-order valence-electron chi connectivity index (χ1n) is 9.88. The topological polar surface area (TPSA) is 108 Å². The molecule has 1 aliphatic rings. The molecule has 4 rings (SSSR count). The highest BCUT2D eigenvalue weighted by Gasteiger charge is 2.18. The first-order valence-corrected chi connectivity index (χ1v) is 10.9. The van der Waals surface area contributed by atoms with Gasteiger partial charge in [-0.05, 0) is 36.4 Å². The predicted molar refractivity (Wildman–Crippen MR) is 124 cm³/mol. The SMILES string of the molecule is COc1ccc(OC)c(NC(=O)c2cccnc2SCC(=O)Nc2ccc3c(c2)OCO3)c1. The van der Waals surface area contributed by atoms with E-state index in [2.05, 4.69) is 15.6 Å². The van der Waals surface area contributed by atoms with Crippen LogP contribution >= 0.6 is 11.8 Å². The normalized spacial score (nSPS) is 11.6. The number of aromatic nitrogens is 1. The third kappa shape index (κ3) is 5.29. The van der Waals surface area contributed by atoms with Crippen LogP contribution in [-0.2, 0) is 4.79 Å². The molecule has 0 spiro atoms. The number of nitrogens with zero attached hydrogens (tertiary/aromatic N) is 1. The molecular formula is C23H21N3O6S. The van der Waals surface area contributed by atoms with E-state index >= 15 is 0 Å². The molecule has 2 aromatic carbocycles. The van der Waals surface area contributed by atoms with Crippen molar-refractivity contribution in [2.75, 3.05) is 37.4 Å². The fourth-order valence-electron chi connectivity index (χ4n) is 3.09. The van der Waals surface area contributed by atoms with Crippen molar-refractivity contribution in [3.63, 3.8) is 0 Å². The zero-order valence-electron chi connectivity index (χ0n) is 17.9. The minimum absolute atomic E-state index is 0.0637. The molecule has 0 unspecified atom stereocenters. The molecular weight excluding hydrogens is 446 g/mol. The highest BCUT2D eigenvalue weighted by Crippen LogP contribution is 2.34. The lowest BCUT2D eigenvalue weighted by Crippen LogP contribution is -2.16. The fraction of sp³-hybridized carbons (Fsp3) is 0.174. The average Bonchev–Trinajstić information content (AvgIpc) is 3.30. The van der Waals surface area contributed by atoms with Gasteiger partial charge in [0.1, 0.15) is 16.5 Å². The van der Waals surface area contributed by atoms with Crippen molar-refractivity contribution < 1.29 is 28.5 Å². The number of rotatable bonds is 8. The standard InChI is InChI=1S/C23H21N3O6S/c1-29-15-6-8-18(30-2)17(11-15)26-22(28)16-4-3-9-24-23(16)33-12-21(27)25-14-5-7-19-20(10-14)32-13-31-19/h3-11H,12-13H2,1-2H3,(H,25,27)(H,26,28). The van der Waals surface area contributed by atoms with Crippen molar-refractivity contribution in [1.29, 1.82) is 0 Å². The van der Waals surface area contributed by atoms with E-state index in [1.165, 1.54) is 14.2 Å². The summed E-state index contributed by atoms with van der Waals surface area (Å²) in [6.45, 7) is 0.161. The zero-order valence-corrected chi connectivity index (χ0v) is 18.7. The van der Waals surface area contributed by atoms with Crippen molar-refractivity contribution in [3.8, 4) is 23.0 Å². The Labute approximate surface area is 194 Å². The van der Waals surface area contributed by atoms with E-state index in [0.29, 0.717) is 45.0 Å². The number of pyridine rings is 1. The van der Waals surface area contributed by atoms with Crippen molar-refractivity contribution in [1.82, 2.24) is 4.98 Å². The van der Waals surface area contributed by atoms with E-state index in [1.807, 2.05) is 0 Å². The second-order valence-electron chi connectivity index (χ2n) is 6.78. The highest BCUT2D eigenvalue weighted by molar-refractivity contribution is 8.00. The molecule has 0 bridgehead atoms. The van der Waals surface area contributed by atoms with Crippen LogP contribution in [0.25, 0.3) is 0 Å². The summed E-state index contributed by atoms with van der Waals surface area (Å²) in [6, 6.07) is 13.6. The van der Waals surface area contributed by atoms with Crippen LogP contribution in [-0.4, -0.2) is 43.6 Å². The van der Waals surface area contributed by atoms with Gasteiger partial charge in [-0.15, -0.1) is 0 Å². The van der Waals surface area contributed by atoms with Crippen LogP contribution in [0.1, 0.15) is 10.4 Å². The number of hydrogen-bond acceptors (Lipinski definition) is 8. The minimum atomic E-state index is -0.381. The average molecular weight is 468 g/mol. The molecule has 10 heteroatoms. The number of nitrogens with one attached hydrogen (secondary N) is 2. The lowest BCUT2D eigenvalue weighted by atomic mass is 10.2. The van der Waals surface area contributed by atoms with Crippen LogP contribution < -0.4 is 29.6 Å². The molecule has 170 valence electrons. The van der Waals surface area contributed by atoms with Crippen LogP contribution in [0.3, 0.4) is 0 Å². The summed E-state index contributed by atoms with van der Waals surface area (Å²) in [4.78, 5) is 29.7. The maximum Gasteiger partial charge on any atom is 0.258 e. The Morgan fingerprint density at radius 2 is 1.88 bits per heavy atom. The molecule has 0 saturated carbocycles. The number of amides is 2. The summed E-state index contributed by atoms with van der Waals surface area (Å²) in [7, 11) is 3.06. The van der Waals surface area contributed by atoms with Gasteiger partial charge in [-0.2, -0.15) is 0 Å². The Hall–Kier alpha value is -3.92. The Bertz CT molecular complexity index is 1190. The van der Waals surface area contributed by atoms with Gasteiger partial charge >= 0.3 is 0 Å². The second-order valence-corrected chi connectivity index (χ2v) is 7.75. The first-order chi connectivity index (χ1) is 16.1. The lowest BCUT2D eigenvalue weighted by Gasteiger charge is -2.13. The Kier molecular flexibility index (Phi) is 6.84. The lowest BCUT2D eigenvalue weighted by molar-refractivity contribution is -0.113. The van der Waals surface area contributed by atoms with Gasteiger partial charge < -0.3 is 29.6 Å². The Balaban J connectivity index is 1.42. The summed E-state index contributed by atoms with van der Waals surface area (Å²) in [6.07, 6.45) is 1.57. The van der Waals surface area contributed by atoms with Crippen LogP contribution in [0, 0.1) is 0 Å². The van der Waals surface area contributed by atoms with E-state index in [-0.39, 0.29) is 24.4 Å². The molecule has 2 heterocycles. The van der Waals surface area contributed by atoms with Gasteiger partial charge in [-0.25, -0.2) is 4.98 Å². The molecule has 0 saturated heterocycles. The molecule has 0 atom stereocenters. The Morgan fingerprint density at radius 3 is 2.70 bits per heavy atom. The number of carbonyl (C=O) groups excluding carboxylic acids is 2. The van der Waals surface area contributed by atoms with Gasteiger partial charge in [-0.1, -0.05) is 11.8 Å². The molecule has 0 fully saturated rings. The number of carbonyl (C=O) groups is 2. The fourth-order valence-corrected chi connectivity index (χ4v) is 3.88. The molecule has 0 radical (unpaired) electrons. The third-order valence-electron chi connectivity index (χ3n) is 4.67. The minimum Gasteiger partial charge on any atom is -0.497 e.